The van der Waals surface area contributed by atoms with Gasteiger partial charge in [0.05, 0.1) is 24.3 Å². The van der Waals surface area contributed by atoms with Crippen LogP contribution >= 0.6 is 0 Å². The number of benzene rings is 1. The molecule has 1 amide bonds. The molecule has 32 heavy (non-hydrogen) atoms. The van der Waals surface area contributed by atoms with E-state index in [0.717, 1.165) is 24.5 Å². The Labute approximate surface area is 194 Å². The second-order valence-corrected chi connectivity index (χ2v) is 9.83. The summed E-state index contributed by atoms with van der Waals surface area (Å²) < 4.78 is 5.48. The zero-order chi connectivity index (χ0) is 24.0. The number of carboxylic acid groups (broad SMARTS) is 1. The molecule has 4 unspecified atom stereocenters. The molecule has 0 aromatic heterocycles. The van der Waals surface area contributed by atoms with Crippen molar-refractivity contribution in [1.29, 1.82) is 5.26 Å². The quantitative estimate of drug-likeness (QED) is 0.532. The third-order valence-corrected chi connectivity index (χ3v) is 5.89. The fraction of sp³-hybridized carbons (Fsp3) is 0.692. The predicted molar refractivity (Wildman–Crippen MR) is 127 cm³/mol. The molecule has 6 nitrogen and oxygen atoms in total. The maximum atomic E-state index is 10.6. The summed E-state index contributed by atoms with van der Waals surface area (Å²) in [6, 6.07) is 11.2. The lowest BCUT2D eigenvalue weighted by molar-refractivity contribution is 0.103. The standard InChI is InChI=1S/C12H17NO3.C7H13N.C7H12O/c1-2-11(14)10(13-12(15)16)8-9-6-4-3-5-7-9;1-7(2,3)5-4-6-8;1-2-6-4-5-8-7(6)3-1/h3-7,10-11,13-14H,2,8H2,1H3,(H,15,16);4-5H2,1-3H3;6-7H,1-5H2. The van der Waals surface area contributed by atoms with E-state index in [4.69, 9.17) is 15.1 Å². The molecule has 1 saturated heterocycles. The summed E-state index contributed by atoms with van der Waals surface area (Å²) in [6.07, 6.45) is 7.15. The van der Waals surface area contributed by atoms with Gasteiger partial charge in [0.1, 0.15) is 0 Å². The highest BCUT2D eigenvalue weighted by molar-refractivity contribution is 5.65. The van der Waals surface area contributed by atoms with Gasteiger partial charge in [-0.25, -0.2) is 4.79 Å². The van der Waals surface area contributed by atoms with Crippen LogP contribution in [0.5, 0.6) is 0 Å². The summed E-state index contributed by atoms with van der Waals surface area (Å²) in [7, 11) is 0. The van der Waals surface area contributed by atoms with Gasteiger partial charge in [0.25, 0.3) is 0 Å². The molecule has 1 aliphatic heterocycles. The van der Waals surface area contributed by atoms with E-state index in [2.05, 4.69) is 32.2 Å². The van der Waals surface area contributed by atoms with Gasteiger partial charge in [0.15, 0.2) is 0 Å². The van der Waals surface area contributed by atoms with Crippen molar-refractivity contribution >= 4 is 6.09 Å². The van der Waals surface area contributed by atoms with Gasteiger partial charge in [0.2, 0.25) is 0 Å². The molecule has 6 heteroatoms. The number of nitriles is 1. The van der Waals surface area contributed by atoms with Crippen LogP contribution in [0.25, 0.3) is 0 Å². The molecule has 3 rings (SSSR count). The Morgan fingerprint density at radius 2 is 1.94 bits per heavy atom. The van der Waals surface area contributed by atoms with Crippen LogP contribution in [-0.2, 0) is 11.2 Å². The number of nitrogens with zero attached hydrogens (tertiary/aromatic N) is 1. The molecule has 0 radical (unpaired) electrons. The summed E-state index contributed by atoms with van der Waals surface area (Å²) in [5.74, 6) is 0.954. The molecule has 1 aliphatic carbocycles. The van der Waals surface area contributed by atoms with Crippen LogP contribution in [0.3, 0.4) is 0 Å². The highest BCUT2D eigenvalue weighted by Crippen LogP contribution is 2.35. The lowest BCUT2D eigenvalue weighted by Gasteiger charge is -2.21. The largest absolute Gasteiger partial charge is 0.465 e. The van der Waals surface area contributed by atoms with Crippen molar-refractivity contribution in [1.82, 2.24) is 5.32 Å². The van der Waals surface area contributed by atoms with E-state index in [1.807, 2.05) is 37.3 Å². The van der Waals surface area contributed by atoms with Crippen molar-refractivity contribution < 1.29 is 19.7 Å². The maximum Gasteiger partial charge on any atom is 0.404 e. The lowest BCUT2D eigenvalue weighted by atomic mass is 9.91. The molecule has 180 valence electrons. The van der Waals surface area contributed by atoms with Crippen molar-refractivity contribution in [3.05, 3.63) is 35.9 Å². The van der Waals surface area contributed by atoms with Crippen LogP contribution in [0.4, 0.5) is 4.79 Å². The first-order valence-corrected chi connectivity index (χ1v) is 11.9. The predicted octanol–water partition coefficient (Wildman–Crippen LogP) is 5.55. The van der Waals surface area contributed by atoms with Gasteiger partial charge < -0.3 is 20.3 Å². The second-order valence-electron chi connectivity index (χ2n) is 9.83. The number of ether oxygens (including phenoxy) is 1. The monoisotopic (exact) mass is 446 g/mol. The summed E-state index contributed by atoms with van der Waals surface area (Å²) in [5, 5.41) is 28.9. The van der Waals surface area contributed by atoms with Crippen molar-refractivity contribution in [2.45, 2.75) is 97.3 Å². The zero-order valence-corrected chi connectivity index (χ0v) is 20.2. The van der Waals surface area contributed by atoms with Gasteiger partial charge in [-0.3, -0.25) is 0 Å². The SMILES string of the molecule is C1CC2CCOC2C1.CC(C)(C)CCC#N.CCC(O)C(Cc1ccccc1)NC(=O)O. The molecule has 3 N–H and O–H groups in total. The van der Waals surface area contributed by atoms with Crippen LogP contribution in [0.1, 0.15) is 78.2 Å². The molecule has 1 aromatic carbocycles. The number of carbonyl (C=O) groups is 1. The van der Waals surface area contributed by atoms with Gasteiger partial charge >= 0.3 is 6.09 Å². The first kappa shape index (κ1) is 27.9. The fourth-order valence-corrected chi connectivity index (χ4v) is 3.95. The van der Waals surface area contributed by atoms with Gasteiger partial charge in [-0.05, 0) is 55.4 Å². The number of rotatable bonds is 6. The number of fused-ring (bicyclic) bond motifs is 1. The zero-order valence-electron chi connectivity index (χ0n) is 20.2. The van der Waals surface area contributed by atoms with E-state index in [1.165, 1.54) is 25.7 Å². The normalized spacial score (nSPS) is 21.0. The van der Waals surface area contributed by atoms with Crippen molar-refractivity contribution in [3.63, 3.8) is 0 Å². The van der Waals surface area contributed by atoms with E-state index in [0.29, 0.717) is 30.8 Å². The molecule has 4 atom stereocenters. The molecular formula is C26H42N2O4. The number of amides is 1. The smallest absolute Gasteiger partial charge is 0.404 e. The Morgan fingerprint density at radius 3 is 2.44 bits per heavy atom. The summed E-state index contributed by atoms with van der Waals surface area (Å²) in [5.41, 5.74) is 1.34. The van der Waals surface area contributed by atoms with E-state index in [-0.39, 0.29) is 0 Å². The lowest BCUT2D eigenvalue weighted by Crippen LogP contribution is -2.43. The Hall–Kier alpha value is -2.10. The van der Waals surface area contributed by atoms with Crippen LogP contribution in [0.15, 0.2) is 30.3 Å². The molecule has 0 bridgehead atoms. The van der Waals surface area contributed by atoms with Crippen LogP contribution in [0.2, 0.25) is 0 Å². The van der Waals surface area contributed by atoms with E-state index < -0.39 is 18.2 Å². The minimum Gasteiger partial charge on any atom is -0.465 e. The highest BCUT2D eigenvalue weighted by atomic mass is 16.5. The summed E-state index contributed by atoms with van der Waals surface area (Å²) in [6.45, 7) is 9.29. The molecule has 1 heterocycles. The Bertz CT molecular complexity index is 661. The van der Waals surface area contributed by atoms with Crippen molar-refractivity contribution in [2.24, 2.45) is 11.3 Å². The first-order chi connectivity index (χ1) is 15.2. The van der Waals surface area contributed by atoms with E-state index in [9.17, 15) is 9.90 Å². The summed E-state index contributed by atoms with van der Waals surface area (Å²) >= 11 is 0. The van der Waals surface area contributed by atoms with Gasteiger partial charge in [-0.1, -0.05) is 64.4 Å². The average molecular weight is 447 g/mol. The number of aliphatic hydroxyl groups excluding tert-OH is 1. The minimum absolute atomic E-state index is 0.329. The highest BCUT2D eigenvalue weighted by Gasteiger charge is 2.32. The number of aliphatic hydroxyl groups is 1. The summed E-state index contributed by atoms with van der Waals surface area (Å²) in [4.78, 5) is 10.6. The van der Waals surface area contributed by atoms with Crippen LogP contribution in [0, 0.1) is 22.7 Å². The molecule has 2 fully saturated rings. The topological polar surface area (TPSA) is 103 Å². The fourth-order valence-electron chi connectivity index (χ4n) is 3.95. The Kier molecular flexibility index (Phi) is 13.0. The molecule has 0 spiro atoms. The Balaban J connectivity index is 0.000000267. The molecule has 1 aromatic rings. The first-order valence-electron chi connectivity index (χ1n) is 11.9. The molecular weight excluding hydrogens is 404 g/mol. The number of hydrogen-bond donors (Lipinski definition) is 3. The third kappa shape index (κ3) is 12.1. The van der Waals surface area contributed by atoms with Crippen molar-refractivity contribution in [2.75, 3.05) is 6.61 Å². The van der Waals surface area contributed by atoms with E-state index >= 15 is 0 Å². The maximum absolute atomic E-state index is 10.6. The average Bonchev–Trinajstić information content (AvgIpc) is 3.37. The Morgan fingerprint density at radius 1 is 1.25 bits per heavy atom. The second kappa shape index (κ2) is 14.9. The third-order valence-electron chi connectivity index (χ3n) is 5.89. The molecule has 2 aliphatic rings. The van der Waals surface area contributed by atoms with Gasteiger partial charge in [0, 0.05) is 13.0 Å². The van der Waals surface area contributed by atoms with Crippen LogP contribution in [-0.4, -0.2) is 41.2 Å². The van der Waals surface area contributed by atoms with Gasteiger partial charge in [-0.15, -0.1) is 0 Å². The number of hydrogen-bond acceptors (Lipinski definition) is 4. The minimum atomic E-state index is -1.10. The molecule has 1 saturated carbocycles. The van der Waals surface area contributed by atoms with Gasteiger partial charge in [-0.2, -0.15) is 5.26 Å². The van der Waals surface area contributed by atoms with E-state index in [1.54, 1.807) is 0 Å². The van der Waals surface area contributed by atoms with Crippen LogP contribution < -0.4 is 5.32 Å². The van der Waals surface area contributed by atoms with Crippen molar-refractivity contribution in [3.8, 4) is 6.07 Å². The number of nitrogens with one attached hydrogen (secondary N) is 1.